The van der Waals surface area contributed by atoms with Crippen LogP contribution >= 0.6 is 35.3 Å². The Bertz CT molecular complexity index is 1570. The first-order valence-corrected chi connectivity index (χ1v) is 43.0. The molecule has 0 spiro atoms. The minimum atomic E-state index is -0.108. The normalized spacial score (nSPS) is 11.4. The lowest BCUT2D eigenvalue weighted by Crippen LogP contribution is -2.34. The summed E-state index contributed by atoms with van der Waals surface area (Å²) in [7, 11) is 0. The average molecular weight is 1370 g/mol. The number of unbranched alkanes of at least 4 members (excludes halogenated alkanes) is 39. The zero-order valence-corrected chi connectivity index (χ0v) is 63.7. The van der Waals surface area contributed by atoms with Crippen LogP contribution in [0.5, 0.6) is 0 Å². The Morgan fingerprint density at radius 3 is 0.742 bits per heavy atom. The van der Waals surface area contributed by atoms with Crippen molar-refractivity contribution in [3.05, 3.63) is 0 Å². The zero-order valence-electron chi connectivity index (χ0n) is 61.2. The predicted octanol–water partition coefficient (Wildman–Crippen LogP) is 21.6. The van der Waals surface area contributed by atoms with Gasteiger partial charge in [0.05, 0.1) is 56.6 Å². The van der Waals surface area contributed by atoms with Gasteiger partial charge in [-0.1, -0.05) is 271 Å². The Morgan fingerprint density at radius 1 is 0.269 bits per heavy atom. The predicted molar refractivity (Wildman–Crippen MR) is 410 cm³/mol. The fourth-order valence-corrected chi connectivity index (χ4v) is 14.1. The Hall–Kier alpha value is -2.17. The Labute approximate surface area is 587 Å². The highest BCUT2D eigenvalue weighted by molar-refractivity contribution is 7.99. The highest BCUT2D eigenvalue weighted by Gasteiger charge is 2.10. The molecule has 0 bridgehead atoms. The molecule has 0 amide bonds. The maximum atomic E-state index is 12.3. The number of carbonyl (C=O) groups excluding carboxylic acids is 3. The average Bonchev–Trinajstić information content (AvgIpc) is 3.62. The highest BCUT2D eigenvalue weighted by Crippen LogP contribution is 2.18. The van der Waals surface area contributed by atoms with Crippen molar-refractivity contribution in [2.45, 2.75) is 361 Å². The molecule has 548 valence electrons. The molecule has 0 aromatic heterocycles. The third kappa shape index (κ3) is 75.5. The Kier molecular flexibility index (Phi) is 75.4. The lowest BCUT2D eigenvalue weighted by molar-refractivity contribution is -0.144. The van der Waals surface area contributed by atoms with E-state index in [1.54, 1.807) is 35.3 Å². The number of rotatable bonds is 77. The van der Waals surface area contributed by atoms with Crippen LogP contribution in [0.2, 0.25) is 0 Å². The van der Waals surface area contributed by atoms with Crippen molar-refractivity contribution in [1.29, 1.82) is 16.2 Å². The summed E-state index contributed by atoms with van der Waals surface area (Å²) in [6, 6.07) is 0. The van der Waals surface area contributed by atoms with Gasteiger partial charge >= 0.3 is 17.9 Å². The van der Waals surface area contributed by atoms with Gasteiger partial charge in [0.1, 0.15) is 0 Å². The first kappa shape index (κ1) is 90.8. The molecular formula is C77H151N7O6S3. The van der Waals surface area contributed by atoms with Crippen molar-refractivity contribution in [2.24, 2.45) is 0 Å². The third-order valence-corrected chi connectivity index (χ3v) is 20.7. The van der Waals surface area contributed by atoms with E-state index < -0.39 is 0 Å². The molecule has 0 saturated carbocycles. The van der Waals surface area contributed by atoms with Crippen molar-refractivity contribution in [2.75, 3.05) is 93.6 Å². The van der Waals surface area contributed by atoms with E-state index in [1.807, 2.05) is 0 Å². The fourth-order valence-electron chi connectivity index (χ4n) is 11.5. The summed E-state index contributed by atoms with van der Waals surface area (Å²) >= 11 is 5.25. The Morgan fingerprint density at radius 2 is 0.484 bits per heavy atom. The topological polar surface area (TPSA) is 190 Å². The summed E-state index contributed by atoms with van der Waals surface area (Å²) in [6.45, 7) is 13.4. The molecule has 6 N–H and O–H groups in total. The fraction of sp³-hybridized carbons (Fsp3) is 0.922. The molecule has 0 aromatic carbocycles. The number of thioether (sulfide) groups is 3. The van der Waals surface area contributed by atoms with Gasteiger partial charge < -0.3 is 35.1 Å². The lowest BCUT2D eigenvalue weighted by Gasteiger charge is -2.23. The molecule has 0 aliphatic carbocycles. The van der Waals surface area contributed by atoms with Crippen LogP contribution in [-0.4, -0.2) is 134 Å². The summed E-state index contributed by atoms with van der Waals surface area (Å²) in [5.74, 6) is 6.29. The standard InChI is InChI=1S/C77H151N7O6S3/c1-4-7-10-13-16-19-22-25-28-31-34-37-40-43-63-88-75(85)54-69-91-66-46-51-72(78)81-57-48-60-84(62-50-59-83-74(80)53-68-93-71-56-77(87)90-65-45-42-39-36-33-30-27-24-21-18-15-12-9-6-3)61-49-58-82-73(79)52-47-67-92-70-55-76(86)89-64-44-41-38-35-32-29-26-23-20-17-14-11-8-5-2/h4-71H2,1-3H3,(H2,78,81)(H2,79,82)(H2,80,83). The summed E-state index contributed by atoms with van der Waals surface area (Å²) in [4.78, 5) is 39.3. The van der Waals surface area contributed by atoms with Gasteiger partial charge in [-0.3, -0.25) is 30.6 Å². The smallest absolute Gasteiger partial charge is 0.306 e. The number of hydrogen-bond acceptors (Lipinski definition) is 13. The first-order chi connectivity index (χ1) is 45.7. The monoisotopic (exact) mass is 1370 g/mol. The number of esters is 3. The second kappa shape index (κ2) is 77.2. The van der Waals surface area contributed by atoms with Crippen molar-refractivity contribution < 1.29 is 28.6 Å². The molecule has 16 heteroatoms. The van der Waals surface area contributed by atoms with E-state index >= 15 is 0 Å². The van der Waals surface area contributed by atoms with E-state index in [2.05, 4.69) is 41.6 Å². The molecule has 0 atom stereocenters. The molecule has 0 heterocycles. The van der Waals surface area contributed by atoms with Crippen LogP contribution in [0.15, 0.2) is 0 Å². The summed E-state index contributed by atoms with van der Waals surface area (Å²) in [5, 5.41) is 35.5. The largest absolute Gasteiger partial charge is 0.466 e. The minimum absolute atomic E-state index is 0.0893. The van der Waals surface area contributed by atoms with Crippen molar-refractivity contribution in [3.63, 3.8) is 0 Å². The second-order valence-electron chi connectivity index (χ2n) is 26.6. The van der Waals surface area contributed by atoms with E-state index in [1.165, 1.54) is 231 Å². The van der Waals surface area contributed by atoms with Crippen molar-refractivity contribution in [3.8, 4) is 0 Å². The van der Waals surface area contributed by atoms with Crippen LogP contribution in [0.1, 0.15) is 361 Å². The molecule has 0 aliphatic heterocycles. The van der Waals surface area contributed by atoms with Crippen LogP contribution < -0.4 is 16.0 Å². The molecular weight excluding hydrogens is 1220 g/mol. The quantitative estimate of drug-likeness (QED) is 0.0111. The molecule has 0 aromatic rings. The second-order valence-corrected chi connectivity index (χ2v) is 30.3. The van der Waals surface area contributed by atoms with Gasteiger partial charge in [-0.05, 0) is 82.5 Å². The summed E-state index contributed by atoms with van der Waals surface area (Å²) < 4.78 is 16.5. The van der Waals surface area contributed by atoms with Crippen LogP contribution in [0.4, 0.5) is 0 Å². The van der Waals surface area contributed by atoms with Crippen LogP contribution in [0.25, 0.3) is 0 Å². The number of nitrogens with zero attached hydrogens (tertiary/aromatic N) is 1. The van der Waals surface area contributed by atoms with E-state index in [0.29, 0.717) is 75.9 Å². The van der Waals surface area contributed by atoms with Gasteiger partial charge in [-0.2, -0.15) is 35.3 Å². The van der Waals surface area contributed by atoms with Crippen LogP contribution in [0.3, 0.4) is 0 Å². The van der Waals surface area contributed by atoms with Gasteiger partial charge in [0.2, 0.25) is 0 Å². The van der Waals surface area contributed by atoms with Gasteiger partial charge in [0.25, 0.3) is 0 Å². The molecule has 0 unspecified atom stereocenters. The maximum absolute atomic E-state index is 12.3. The molecule has 0 fully saturated rings. The Balaban J connectivity index is 4.40. The van der Waals surface area contributed by atoms with Crippen LogP contribution in [-0.2, 0) is 28.6 Å². The number of ether oxygens (including phenoxy) is 3. The van der Waals surface area contributed by atoms with Crippen molar-refractivity contribution >= 4 is 70.7 Å². The van der Waals surface area contributed by atoms with E-state index in [-0.39, 0.29) is 17.9 Å². The van der Waals surface area contributed by atoms with E-state index in [0.717, 1.165) is 144 Å². The number of nitrogens with one attached hydrogen (secondary N) is 6. The molecule has 0 rings (SSSR count). The lowest BCUT2D eigenvalue weighted by atomic mass is 10.0. The van der Waals surface area contributed by atoms with Gasteiger partial charge in [0.15, 0.2) is 0 Å². The number of amidine groups is 3. The molecule has 0 radical (unpaired) electrons. The van der Waals surface area contributed by atoms with E-state index in [9.17, 15) is 14.4 Å². The zero-order chi connectivity index (χ0) is 67.5. The molecule has 93 heavy (non-hydrogen) atoms. The van der Waals surface area contributed by atoms with Crippen molar-refractivity contribution in [1.82, 2.24) is 20.9 Å². The van der Waals surface area contributed by atoms with Gasteiger partial charge in [-0.15, -0.1) is 0 Å². The third-order valence-electron chi connectivity index (χ3n) is 17.5. The number of hydrogen-bond donors (Lipinski definition) is 6. The SMILES string of the molecule is CCCCCCCCCCCCCCCCOC(=O)CCSCCCC(=N)NCCCN(CCCNC(=N)CCCSCCC(=O)OCCCCCCCCCCCCCCCC)CCCNC(=N)CCSCCC(=O)OCCCCCCCCCCCCCCCC. The number of carbonyl (C=O) groups is 3. The molecule has 0 aliphatic rings. The summed E-state index contributed by atoms with van der Waals surface area (Å²) in [5.41, 5.74) is 0. The van der Waals surface area contributed by atoms with Crippen LogP contribution in [0, 0.1) is 16.2 Å². The molecule has 13 nitrogen and oxygen atoms in total. The van der Waals surface area contributed by atoms with Gasteiger partial charge in [-0.25, -0.2) is 0 Å². The molecule has 0 saturated heterocycles. The first-order valence-electron chi connectivity index (χ1n) is 39.6. The maximum Gasteiger partial charge on any atom is 0.306 e. The summed E-state index contributed by atoms with van der Waals surface area (Å²) in [6.07, 6.45) is 63.2. The van der Waals surface area contributed by atoms with Gasteiger partial charge in [0, 0.05) is 61.9 Å². The van der Waals surface area contributed by atoms with E-state index in [4.69, 9.17) is 30.4 Å². The minimum Gasteiger partial charge on any atom is -0.466 e. The highest BCUT2D eigenvalue weighted by atomic mass is 32.2.